The van der Waals surface area contributed by atoms with Crippen LogP contribution in [0.5, 0.6) is 0 Å². The molecule has 0 bridgehead atoms. The molecule has 3 unspecified atom stereocenters. The van der Waals surface area contributed by atoms with Crippen LogP contribution in [0.3, 0.4) is 0 Å². The number of phosphoric ester groups is 1. The van der Waals surface area contributed by atoms with E-state index in [0.717, 1.165) is 38.5 Å². The maximum Gasteiger partial charge on any atom is 0.472 e. The van der Waals surface area contributed by atoms with Crippen LogP contribution in [0.15, 0.2) is 0 Å². The number of hydrogen-bond donors (Lipinski definition) is 3. The van der Waals surface area contributed by atoms with E-state index in [1.54, 1.807) is 0 Å². The van der Waals surface area contributed by atoms with Crippen LogP contribution in [0, 0.1) is 0 Å². The first-order valence-electron chi connectivity index (χ1n) is 16.1. The molecule has 0 heterocycles. The topological polar surface area (TPSA) is 172 Å². The number of carboxylic acid groups (broad SMARTS) is 1. The van der Waals surface area contributed by atoms with Crippen molar-refractivity contribution in [1.29, 1.82) is 0 Å². The number of carbonyl (C=O) groups is 3. The molecule has 0 aliphatic heterocycles. The summed E-state index contributed by atoms with van der Waals surface area (Å²) in [4.78, 5) is 45.3. The van der Waals surface area contributed by atoms with Crippen molar-refractivity contribution in [3.63, 3.8) is 0 Å². The number of hydrogen-bond acceptors (Lipinski definition) is 9. The van der Waals surface area contributed by atoms with Crippen LogP contribution in [0.25, 0.3) is 0 Å². The number of rotatable bonds is 30. The van der Waals surface area contributed by atoms with Crippen molar-refractivity contribution in [2.75, 3.05) is 19.8 Å². The Kier molecular flexibility index (Phi) is 26.1. The van der Waals surface area contributed by atoms with Gasteiger partial charge in [-0.05, 0) is 12.8 Å². The Morgan fingerprint density at radius 2 is 1.05 bits per heavy atom. The number of nitrogens with two attached hydrogens (primary N) is 1. The zero-order valence-corrected chi connectivity index (χ0v) is 27.0. The van der Waals surface area contributed by atoms with Crippen LogP contribution >= 0.6 is 7.82 Å². The maximum absolute atomic E-state index is 12.4. The number of aliphatic carboxylic acids is 1. The molecular formula is C30H58NO10P. The Bertz CT molecular complexity index is 752. The highest BCUT2D eigenvalue weighted by atomic mass is 31.2. The second-order valence-electron chi connectivity index (χ2n) is 11.0. The maximum atomic E-state index is 12.4. The van der Waals surface area contributed by atoms with E-state index < -0.39 is 51.1 Å². The number of carboxylic acids is 1. The lowest BCUT2D eigenvalue weighted by Gasteiger charge is -2.20. The number of ether oxygens (including phenoxy) is 2. The number of unbranched alkanes of at least 4 members (excludes halogenated alkanes) is 16. The van der Waals surface area contributed by atoms with Crippen LogP contribution in [0.1, 0.15) is 142 Å². The average Bonchev–Trinajstić information content (AvgIpc) is 2.95. The average molecular weight is 624 g/mol. The summed E-state index contributed by atoms with van der Waals surface area (Å²) in [6, 6.07) is -1.51. The van der Waals surface area contributed by atoms with E-state index in [-0.39, 0.29) is 19.4 Å². The largest absolute Gasteiger partial charge is 0.480 e. The van der Waals surface area contributed by atoms with Crippen LogP contribution in [0.2, 0.25) is 0 Å². The van der Waals surface area contributed by atoms with E-state index in [2.05, 4.69) is 18.4 Å². The van der Waals surface area contributed by atoms with Gasteiger partial charge in [0.25, 0.3) is 0 Å². The molecule has 0 aliphatic rings. The Balaban J connectivity index is 4.53. The lowest BCUT2D eigenvalue weighted by molar-refractivity contribution is -0.161. The number of esters is 2. The summed E-state index contributed by atoms with van der Waals surface area (Å²) < 4.78 is 32.3. The monoisotopic (exact) mass is 623 g/mol. The third kappa shape index (κ3) is 26.1. The molecule has 0 rings (SSSR count). The highest BCUT2D eigenvalue weighted by Crippen LogP contribution is 2.43. The van der Waals surface area contributed by atoms with Gasteiger partial charge >= 0.3 is 25.7 Å². The molecule has 0 aromatic heterocycles. The van der Waals surface area contributed by atoms with Crippen molar-refractivity contribution in [1.82, 2.24) is 0 Å². The molecule has 0 saturated carbocycles. The quantitative estimate of drug-likeness (QED) is 0.0435. The summed E-state index contributed by atoms with van der Waals surface area (Å²) in [7, 11) is -4.69. The molecule has 11 nitrogen and oxygen atoms in total. The van der Waals surface area contributed by atoms with Crippen LogP contribution in [0.4, 0.5) is 0 Å². The Hall–Kier alpha value is -1.52. The standard InChI is InChI=1S/C30H58NO10P/c1-3-5-7-9-11-13-14-16-18-20-22-29(33)41-26(24-39-42(36,37)40-25-27(31)30(34)35)23-38-28(32)21-19-17-15-12-10-8-6-4-2/h26-27H,3-25,31H2,1-2H3,(H,34,35)(H,36,37). The van der Waals surface area contributed by atoms with Gasteiger partial charge < -0.3 is 25.2 Å². The van der Waals surface area contributed by atoms with E-state index in [0.29, 0.717) is 12.8 Å². The smallest absolute Gasteiger partial charge is 0.472 e. The highest BCUT2D eigenvalue weighted by molar-refractivity contribution is 7.47. The second-order valence-corrected chi connectivity index (χ2v) is 12.4. The molecule has 42 heavy (non-hydrogen) atoms. The third-order valence-corrected chi connectivity index (χ3v) is 7.81. The van der Waals surface area contributed by atoms with E-state index in [9.17, 15) is 23.8 Å². The van der Waals surface area contributed by atoms with Crippen LogP contribution in [-0.4, -0.2) is 59.9 Å². The van der Waals surface area contributed by atoms with Gasteiger partial charge in [0.05, 0.1) is 13.2 Å². The molecule has 12 heteroatoms. The van der Waals surface area contributed by atoms with Gasteiger partial charge in [0.15, 0.2) is 6.10 Å². The van der Waals surface area contributed by atoms with Crippen molar-refractivity contribution >= 4 is 25.7 Å². The third-order valence-electron chi connectivity index (χ3n) is 6.86. The fourth-order valence-electron chi connectivity index (χ4n) is 4.24. The first-order chi connectivity index (χ1) is 20.1. The summed E-state index contributed by atoms with van der Waals surface area (Å²) in [5.74, 6) is -2.38. The van der Waals surface area contributed by atoms with Crippen molar-refractivity contribution in [3.05, 3.63) is 0 Å². The fraction of sp³-hybridized carbons (Fsp3) is 0.900. The van der Waals surface area contributed by atoms with E-state index >= 15 is 0 Å². The van der Waals surface area contributed by atoms with Crippen molar-refractivity contribution in [2.24, 2.45) is 5.73 Å². The van der Waals surface area contributed by atoms with Gasteiger partial charge in [0, 0.05) is 12.8 Å². The highest BCUT2D eigenvalue weighted by Gasteiger charge is 2.28. The summed E-state index contributed by atoms with van der Waals surface area (Å²) in [6.45, 7) is 2.71. The number of carbonyl (C=O) groups excluding carboxylic acids is 2. The molecule has 0 saturated heterocycles. The SMILES string of the molecule is CCCCCCCCCCCCC(=O)OC(COC(=O)CCCCCCCCCC)COP(=O)(O)OCC(N)C(=O)O. The van der Waals surface area contributed by atoms with Crippen LogP contribution < -0.4 is 5.73 Å². The Morgan fingerprint density at radius 1 is 0.643 bits per heavy atom. The van der Waals surface area contributed by atoms with Crippen molar-refractivity contribution < 1.29 is 47.5 Å². The normalized spacial score (nSPS) is 14.2. The molecule has 0 fully saturated rings. The van der Waals surface area contributed by atoms with E-state index in [1.807, 2.05) is 0 Å². The van der Waals surface area contributed by atoms with Gasteiger partial charge in [-0.25, -0.2) is 4.57 Å². The van der Waals surface area contributed by atoms with E-state index in [4.69, 9.17) is 24.8 Å². The van der Waals surface area contributed by atoms with Gasteiger partial charge in [-0.15, -0.1) is 0 Å². The van der Waals surface area contributed by atoms with Gasteiger partial charge in [-0.1, -0.05) is 117 Å². The molecule has 0 radical (unpaired) electrons. The van der Waals surface area contributed by atoms with Gasteiger partial charge in [0.1, 0.15) is 12.6 Å². The minimum atomic E-state index is -4.69. The van der Waals surface area contributed by atoms with Gasteiger partial charge in [-0.3, -0.25) is 23.4 Å². The summed E-state index contributed by atoms with van der Waals surface area (Å²) in [6.07, 6.45) is 19.2. The minimum absolute atomic E-state index is 0.167. The predicted molar refractivity (Wildman–Crippen MR) is 162 cm³/mol. The lowest BCUT2D eigenvalue weighted by atomic mass is 10.1. The first-order valence-corrected chi connectivity index (χ1v) is 17.6. The molecule has 4 N–H and O–H groups in total. The van der Waals surface area contributed by atoms with Crippen molar-refractivity contribution in [2.45, 2.75) is 154 Å². The zero-order chi connectivity index (χ0) is 31.5. The van der Waals surface area contributed by atoms with Crippen LogP contribution in [-0.2, 0) is 37.5 Å². The summed E-state index contributed by atoms with van der Waals surface area (Å²) in [5.41, 5.74) is 5.28. The fourth-order valence-corrected chi connectivity index (χ4v) is 5.02. The lowest BCUT2D eigenvalue weighted by Crippen LogP contribution is -2.34. The molecule has 0 aliphatic carbocycles. The first kappa shape index (κ1) is 40.5. The van der Waals surface area contributed by atoms with Gasteiger partial charge in [-0.2, -0.15) is 0 Å². The Labute approximate surface area is 253 Å². The molecule has 0 aromatic rings. The molecule has 248 valence electrons. The summed E-state index contributed by atoms with van der Waals surface area (Å²) >= 11 is 0. The number of phosphoric acid groups is 1. The van der Waals surface area contributed by atoms with Gasteiger partial charge in [0.2, 0.25) is 0 Å². The molecule has 0 aromatic carbocycles. The van der Waals surface area contributed by atoms with E-state index in [1.165, 1.54) is 64.2 Å². The molecule has 0 spiro atoms. The molecular weight excluding hydrogens is 565 g/mol. The Morgan fingerprint density at radius 3 is 1.50 bits per heavy atom. The predicted octanol–water partition coefficient (Wildman–Crippen LogP) is 6.83. The minimum Gasteiger partial charge on any atom is -0.480 e. The second kappa shape index (κ2) is 27.1. The molecule has 3 atom stereocenters. The molecule has 0 amide bonds. The zero-order valence-electron chi connectivity index (χ0n) is 26.1. The van der Waals surface area contributed by atoms with Crippen molar-refractivity contribution in [3.8, 4) is 0 Å². The summed E-state index contributed by atoms with van der Waals surface area (Å²) in [5, 5.41) is 8.80.